The normalized spacial score (nSPS) is 13.8. The van der Waals surface area contributed by atoms with Gasteiger partial charge < -0.3 is 10.6 Å². The first-order chi connectivity index (χ1) is 7.11. The molecule has 0 radical (unpaired) electrons. The van der Waals surface area contributed by atoms with Crippen LogP contribution in [0.3, 0.4) is 0 Å². The molecule has 2 N–H and O–H groups in total. The van der Waals surface area contributed by atoms with Crippen molar-refractivity contribution in [3.8, 4) is 0 Å². The monoisotopic (exact) mass is 214 g/mol. The number of hydrogen-bond donors (Lipinski definition) is 1. The summed E-state index contributed by atoms with van der Waals surface area (Å²) in [6.07, 6.45) is 6.64. The van der Waals surface area contributed by atoms with Crippen LogP contribution in [0, 0.1) is 5.92 Å². The average molecular weight is 214 g/mol. The number of unbranched alkanes of at least 4 members (excludes halogenated alkanes) is 3. The highest BCUT2D eigenvalue weighted by Gasteiger charge is 2.13. The summed E-state index contributed by atoms with van der Waals surface area (Å²) in [5.41, 5.74) is 5.82. The summed E-state index contributed by atoms with van der Waals surface area (Å²) < 4.78 is 0. The first-order valence-electron chi connectivity index (χ1n) is 6.52. The lowest BCUT2D eigenvalue weighted by atomic mass is 10.1. The van der Waals surface area contributed by atoms with E-state index in [0.717, 1.165) is 19.0 Å². The molecule has 0 aromatic rings. The van der Waals surface area contributed by atoms with E-state index in [-0.39, 0.29) is 0 Å². The summed E-state index contributed by atoms with van der Waals surface area (Å²) in [7, 11) is 2.21. The molecule has 0 bridgehead atoms. The maximum atomic E-state index is 5.82. The van der Waals surface area contributed by atoms with E-state index in [4.69, 9.17) is 5.73 Å². The van der Waals surface area contributed by atoms with Gasteiger partial charge in [0.1, 0.15) is 0 Å². The van der Waals surface area contributed by atoms with Crippen LogP contribution in [0.15, 0.2) is 0 Å². The molecule has 0 aromatic carbocycles. The van der Waals surface area contributed by atoms with E-state index in [9.17, 15) is 0 Å². The standard InChI is InChI=1S/C13H30N2/c1-5-6-7-8-9-13(10-14)15(4)11-12(2)3/h12-13H,5-11,14H2,1-4H3. The van der Waals surface area contributed by atoms with Gasteiger partial charge in [-0.05, 0) is 19.4 Å². The number of hydrogen-bond acceptors (Lipinski definition) is 2. The maximum Gasteiger partial charge on any atom is 0.0215 e. The van der Waals surface area contributed by atoms with Crippen LogP contribution in [-0.4, -0.2) is 31.1 Å². The molecule has 0 heterocycles. The van der Waals surface area contributed by atoms with Crippen LogP contribution in [0.2, 0.25) is 0 Å². The summed E-state index contributed by atoms with van der Waals surface area (Å²) in [5.74, 6) is 0.736. The Hall–Kier alpha value is -0.0800. The molecule has 0 aliphatic rings. The molecule has 2 heteroatoms. The van der Waals surface area contributed by atoms with Crippen LogP contribution in [-0.2, 0) is 0 Å². The Morgan fingerprint density at radius 2 is 1.80 bits per heavy atom. The van der Waals surface area contributed by atoms with Gasteiger partial charge in [-0.1, -0.05) is 46.5 Å². The molecule has 2 nitrogen and oxygen atoms in total. The molecular weight excluding hydrogens is 184 g/mol. The fourth-order valence-electron chi connectivity index (χ4n) is 2.05. The fourth-order valence-corrected chi connectivity index (χ4v) is 2.05. The molecule has 0 aliphatic carbocycles. The van der Waals surface area contributed by atoms with Gasteiger partial charge in [0.15, 0.2) is 0 Å². The van der Waals surface area contributed by atoms with Crippen LogP contribution in [0.25, 0.3) is 0 Å². The molecule has 1 unspecified atom stereocenters. The van der Waals surface area contributed by atoms with Gasteiger partial charge >= 0.3 is 0 Å². The Morgan fingerprint density at radius 3 is 2.27 bits per heavy atom. The van der Waals surface area contributed by atoms with Crippen LogP contribution >= 0.6 is 0 Å². The molecule has 0 spiro atoms. The molecule has 0 saturated heterocycles. The minimum atomic E-state index is 0.587. The second kappa shape index (κ2) is 9.17. The zero-order valence-electron chi connectivity index (χ0n) is 11.1. The Balaban J connectivity index is 3.70. The van der Waals surface area contributed by atoms with Gasteiger partial charge in [0, 0.05) is 19.1 Å². The highest BCUT2D eigenvalue weighted by molar-refractivity contribution is 4.70. The summed E-state index contributed by atoms with van der Waals surface area (Å²) in [5, 5.41) is 0. The minimum absolute atomic E-state index is 0.587. The smallest absolute Gasteiger partial charge is 0.0215 e. The van der Waals surface area contributed by atoms with Gasteiger partial charge in [0.2, 0.25) is 0 Å². The van der Waals surface area contributed by atoms with Gasteiger partial charge in [-0.15, -0.1) is 0 Å². The van der Waals surface area contributed by atoms with Crippen LogP contribution in [0.1, 0.15) is 52.9 Å². The minimum Gasteiger partial charge on any atom is -0.329 e. The van der Waals surface area contributed by atoms with Crippen molar-refractivity contribution < 1.29 is 0 Å². The SMILES string of the molecule is CCCCCCC(CN)N(C)CC(C)C. The van der Waals surface area contributed by atoms with Gasteiger partial charge in [-0.2, -0.15) is 0 Å². The number of likely N-dealkylation sites (N-methyl/N-ethyl adjacent to an activating group) is 1. The van der Waals surface area contributed by atoms with Crippen molar-refractivity contribution in [2.24, 2.45) is 11.7 Å². The molecule has 15 heavy (non-hydrogen) atoms. The quantitative estimate of drug-likeness (QED) is 0.598. The molecule has 0 aliphatic heterocycles. The molecule has 1 atom stereocenters. The van der Waals surface area contributed by atoms with E-state index in [1.165, 1.54) is 32.1 Å². The molecule has 0 aromatic heterocycles. The summed E-state index contributed by atoms with van der Waals surface area (Å²) in [6, 6.07) is 0.587. The lowest BCUT2D eigenvalue weighted by Crippen LogP contribution is -2.39. The van der Waals surface area contributed by atoms with E-state index >= 15 is 0 Å². The van der Waals surface area contributed by atoms with Crippen molar-refractivity contribution in [2.45, 2.75) is 58.9 Å². The zero-order valence-corrected chi connectivity index (χ0v) is 11.1. The van der Waals surface area contributed by atoms with Crippen molar-refractivity contribution >= 4 is 0 Å². The van der Waals surface area contributed by atoms with Crippen molar-refractivity contribution in [1.29, 1.82) is 0 Å². The zero-order chi connectivity index (χ0) is 11.7. The predicted molar refractivity (Wildman–Crippen MR) is 69.1 cm³/mol. The molecule has 92 valence electrons. The van der Waals surface area contributed by atoms with Gasteiger partial charge in [-0.25, -0.2) is 0 Å². The third-order valence-electron chi connectivity index (χ3n) is 2.94. The third kappa shape index (κ3) is 7.80. The highest BCUT2D eigenvalue weighted by atomic mass is 15.1. The lowest BCUT2D eigenvalue weighted by Gasteiger charge is -2.28. The van der Waals surface area contributed by atoms with Crippen molar-refractivity contribution in [3.63, 3.8) is 0 Å². The van der Waals surface area contributed by atoms with E-state index in [0.29, 0.717) is 6.04 Å². The fraction of sp³-hybridized carbons (Fsp3) is 1.00. The van der Waals surface area contributed by atoms with E-state index in [1.807, 2.05) is 0 Å². The average Bonchev–Trinajstić information content (AvgIpc) is 2.16. The highest BCUT2D eigenvalue weighted by Crippen LogP contribution is 2.10. The van der Waals surface area contributed by atoms with Crippen LogP contribution in [0.4, 0.5) is 0 Å². The largest absolute Gasteiger partial charge is 0.329 e. The maximum absolute atomic E-state index is 5.82. The van der Waals surface area contributed by atoms with Crippen molar-refractivity contribution in [1.82, 2.24) is 4.90 Å². The van der Waals surface area contributed by atoms with Crippen molar-refractivity contribution in [3.05, 3.63) is 0 Å². The number of nitrogens with zero attached hydrogens (tertiary/aromatic N) is 1. The van der Waals surface area contributed by atoms with Crippen molar-refractivity contribution in [2.75, 3.05) is 20.1 Å². The first-order valence-corrected chi connectivity index (χ1v) is 6.52. The van der Waals surface area contributed by atoms with Gasteiger partial charge in [0.05, 0.1) is 0 Å². The van der Waals surface area contributed by atoms with Crippen LogP contribution < -0.4 is 5.73 Å². The van der Waals surface area contributed by atoms with Gasteiger partial charge in [-0.3, -0.25) is 0 Å². The molecular formula is C13H30N2. The Morgan fingerprint density at radius 1 is 1.13 bits per heavy atom. The second-order valence-electron chi connectivity index (χ2n) is 5.07. The summed E-state index contributed by atoms with van der Waals surface area (Å²) in [4.78, 5) is 2.43. The number of nitrogens with two attached hydrogens (primary N) is 1. The third-order valence-corrected chi connectivity index (χ3v) is 2.94. The first kappa shape index (κ1) is 14.9. The molecule has 0 amide bonds. The molecule has 0 rings (SSSR count). The summed E-state index contributed by atoms with van der Waals surface area (Å²) in [6.45, 7) is 8.75. The summed E-state index contributed by atoms with van der Waals surface area (Å²) >= 11 is 0. The predicted octanol–water partition coefficient (Wildman–Crippen LogP) is 2.87. The molecule has 0 fully saturated rings. The number of rotatable bonds is 9. The van der Waals surface area contributed by atoms with E-state index < -0.39 is 0 Å². The molecule has 0 saturated carbocycles. The lowest BCUT2D eigenvalue weighted by molar-refractivity contribution is 0.208. The Labute approximate surface area is 96.2 Å². The second-order valence-corrected chi connectivity index (χ2v) is 5.07. The Kier molecular flexibility index (Phi) is 9.12. The van der Waals surface area contributed by atoms with E-state index in [2.05, 4.69) is 32.7 Å². The topological polar surface area (TPSA) is 29.3 Å². The van der Waals surface area contributed by atoms with Gasteiger partial charge in [0.25, 0.3) is 0 Å². The van der Waals surface area contributed by atoms with E-state index in [1.54, 1.807) is 0 Å². The Bertz CT molecular complexity index is 134. The van der Waals surface area contributed by atoms with Crippen LogP contribution in [0.5, 0.6) is 0 Å².